The Balaban J connectivity index is 1.59. The van der Waals surface area contributed by atoms with Crippen LogP contribution in [0.15, 0.2) is 71.9 Å². The van der Waals surface area contributed by atoms with Gasteiger partial charge in [-0.1, -0.05) is 56.3 Å². The van der Waals surface area contributed by atoms with E-state index in [0.717, 1.165) is 23.1 Å². The van der Waals surface area contributed by atoms with E-state index in [9.17, 15) is 13.2 Å². The molecule has 2 N–H and O–H groups in total. The van der Waals surface area contributed by atoms with E-state index in [4.69, 9.17) is 0 Å². The number of sulfonamides is 1. The number of benzene rings is 2. The first-order valence-corrected chi connectivity index (χ1v) is 12.0. The Morgan fingerprint density at radius 2 is 1.53 bits per heavy atom. The molecule has 0 saturated carbocycles. The Labute approximate surface area is 189 Å². The largest absolute Gasteiger partial charge is 0.349 e. The molecule has 0 aliphatic carbocycles. The lowest BCUT2D eigenvalue weighted by Crippen LogP contribution is -2.28. The van der Waals surface area contributed by atoms with Gasteiger partial charge in [0.05, 0.1) is 17.4 Å². The molecule has 1 aromatic heterocycles. The minimum absolute atomic E-state index is 0.0239. The summed E-state index contributed by atoms with van der Waals surface area (Å²) in [6.07, 6.45) is 4.24. The number of amides is 1. The zero-order chi connectivity index (χ0) is 23.1. The summed E-state index contributed by atoms with van der Waals surface area (Å²) >= 11 is 0. The molecule has 168 valence electrons. The van der Waals surface area contributed by atoms with Gasteiger partial charge in [0.2, 0.25) is 11.9 Å². The summed E-state index contributed by atoms with van der Waals surface area (Å²) in [6.45, 7) is 6.10. The maximum atomic E-state index is 12.6. The maximum Gasteiger partial charge on any atom is 0.264 e. The molecule has 1 amide bonds. The van der Waals surface area contributed by atoms with Crippen molar-refractivity contribution in [3.8, 4) is 0 Å². The fourth-order valence-corrected chi connectivity index (χ4v) is 4.21. The van der Waals surface area contributed by atoms with Gasteiger partial charge in [0.1, 0.15) is 0 Å². The predicted molar refractivity (Wildman–Crippen MR) is 125 cm³/mol. The van der Waals surface area contributed by atoms with Gasteiger partial charge in [-0.05, 0) is 48.1 Å². The van der Waals surface area contributed by atoms with Crippen molar-refractivity contribution in [1.29, 1.82) is 0 Å². The number of nitrogens with one attached hydrogen (secondary N) is 2. The van der Waals surface area contributed by atoms with E-state index in [1.54, 1.807) is 24.5 Å². The first-order chi connectivity index (χ1) is 15.2. The van der Waals surface area contributed by atoms with E-state index in [2.05, 4.69) is 33.9 Å². The van der Waals surface area contributed by atoms with Crippen molar-refractivity contribution in [2.75, 3.05) is 4.72 Å². The van der Waals surface area contributed by atoms with Gasteiger partial charge in [0.25, 0.3) is 10.0 Å². The van der Waals surface area contributed by atoms with Gasteiger partial charge in [0, 0.05) is 12.4 Å². The summed E-state index contributed by atoms with van der Waals surface area (Å²) in [5, 5.41) is 2.95. The summed E-state index contributed by atoms with van der Waals surface area (Å²) in [6, 6.07) is 15.8. The van der Waals surface area contributed by atoms with Crippen LogP contribution in [0.3, 0.4) is 0 Å². The molecule has 0 saturated heterocycles. The normalized spacial score (nSPS) is 12.4. The van der Waals surface area contributed by atoms with Crippen molar-refractivity contribution in [3.63, 3.8) is 0 Å². The Kier molecular flexibility index (Phi) is 7.58. The van der Waals surface area contributed by atoms with E-state index < -0.39 is 10.0 Å². The van der Waals surface area contributed by atoms with Gasteiger partial charge in [-0.25, -0.2) is 23.1 Å². The third-order valence-corrected chi connectivity index (χ3v) is 6.19. The Bertz CT molecular complexity index is 1130. The molecule has 7 nitrogen and oxygen atoms in total. The lowest BCUT2D eigenvalue weighted by atomic mass is 10.1. The number of nitrogens with zero attached hydrogens (tertiary/aromatic N) is 2. The standard InChI is InChI=1S/C24H28N4O3S/c1-17(2)13-20-15-25-24(26-16-20)28-32(30,31)22-11-9-19(10-12-22)14-23(29)27-18(3)21-7-5-4-6-8-21/h4-12,15-18H,13-14H2,1-3H3,(H,27,29)(H,25,26,28)/t18-/m0/s1. The highest BCUT2D eigenvalue weighted by molar-refractivity contribution is 7.92. The molecular formula is C24H28N4O3S. The van der Waals surface area contributed by atoms with Gasteiger partial charge < -0.3 is 5.32 Å². The number of anilines is 1. The van der Waals surface area contributed by atoms with Crippen LogP contribution in [-0.2, 0) is 27.7 Å². The molecule has 3 aromatic rings. The van der Waals surface area contributed by atoms with Crippen LogP contribution in [0.25, 0.3) is 0 Å². The Hall–Kier alpha value is -3.26. The van der Waals surface area contributed by atoms with Crippen LogP contribution < -0.4 is 10.0 Å². The lowest BCUT2D eigenvalue weighted by Gasteiger charge is -2.14. The monoisotopic (exact) mass is 452 g/mol. The fourth-order valence-electron chi connectivity index (χ4n) is 3.25. The minimum atomic E-state index is -3.83. The van der Waals surface area contributed by atoms with Crippen molar-refractivity contribution >= 4 is 21.9 Å². The van der Waals surface area contributed by atoms with E-state index >= 15 is 0 Å². The topological polar surface area (TPSA) is 101 Å². The third-order valence-electron chi connectivity index (χ3n) is 4.85. The van der Waals surface area contributed by atoms with E-state index in [1.165, 1.54) is 12.1 Å². The Morgan fingerprint density at radius 1 is 0.906 bits per heavy atom. The number of aromatic nitrogens is 2. The number of hydrogen-bond acceptors (Lipinski definition) is 5. The van der Waals surface area contributed by atoms with Crippen molar-refractivity contribution in [1.82, 2.24) is 15.3 Å². The van der Waals surface area contributed by atoms with Crippen molar-refractivity contribution in [2.45, 2.75) is 44.6 Å². The molecular weight excluding hydrogens is 424 g/mol. The molecule has 1 atom stereocenters. The highest BCUT2D eigenvalue weighted by Gasteiger charge is 2.16. The predicted octanol–water partition coefficient (Wildman–Crippen LogP) is 3.90. The zero-order valence-electron chi connectivity index (χ0n) is 18.4. The SMILES string of the molecule is CC(C)Cc1cnc(NS(=O)(=O)c2ccc(CC(=O)N[C@@H](C)c3ccccc3)cc2)nc1. The molecule has 32 heavy (non-hydrogen) atoms. The van der Waals surface area contributed by atoms with Crippen LogP contribution in [0, 0.1) is 5.92 Å². The second kappa shape index (κ2) is 10.4. The third kappa shape index (κ3) is 6.62. The first-order valence-electron chi connectivity index (χ1n) is 10.5. The maximum absolute atomic E-state index is 12.6. The summed E-state index contributed by atoms with van der Waals surface area (Å²) < 4.78 is 27.6. The van der Waals surface area contributed by atoms with Crippen LogP contribution in [0.1, 0.15) is 43.5 Å². The van der Waals surface area contributed by atoms with E-state index in [-0.39, 0.29) is 29.2 Å². The molecule has 0 spiro atoms. The molecule has 8 heteroatoms. The molecule has 3 rings (SSSR count). The smallest absolute Gasteiger partial charge is 0.264 e. The molecule has 0 fully saturated rings. The summed E-state index contributed by atoms with van der Waals surface area (Å²) in [5.74, 6) is 0.351. The van der Waals surface area contributed by atoms with E-state index in [0.29, 0.717) is 5.92 Å². The highest BCUT2D eigenvalue weighted by Crippen LogP contribution is 2.16. The lowest BCUT2D eigenvalue weighted by molar-refractivity contribution is -0.121. The summed E-state index contributed by atoms with van der Waals surface area (Å²) in [4.78, 5) is 20.6. The molecule has 0 bridgehead atoms. The van der Waals surface area contributed by atoms with Crippen LogP contribution >= 0.6 is 0 Å². The molecule has 1 heterocycles. The summed E-state index contributed by atoms with van der Waals surface area (Å²) in [5.41, 5.74) is 2.69. The van der Waals surface area contributed by atoms with Gasteiger partial charge in [-0.2, -0.15) is 0 Å². The van der Waals surface area contributed by atoms with Crippen molar-refractivity contribution < 1.29 is 13.2 Å². The average molecular weight is 453 g/mol. The van der Waals surface area contributed by atoms with Crippen molar-refractivity contribution in [2.24, 2.45) is 5.92 Å². The summed E-state index contributed by atoms with van der Waals surface area (Å²) in [7, 11) is -3.83. The Morgan fingerprint density at radius 3 is 2.12 bits per heavy atom. The number of hydrogen-bond donors (Lipinski definition) is 2. The quantitative estimate of drug-likeness (QED) is 0.513. The number of carbonyl (C=O) groups is 1. The second-order valence-corrected chi connectivity index (χ2v) is 9.82. The molecule has 0 aliphatic heterocycles. The van der Waals surface area contributed by atoms with Crippen LogP contribution in [-0.4, -0.2) is 24.3 Å². The van der Waals surface area contributed by atoms with Gasteiger partial charge >= 0.3 is 0 Å². The van der Waals surface area contributed by atoms with Crippen LogP contribution in [0.4, 0.5) is 5.95 Å². The zero-order valence-corrected chi connectivity index (χ0v) is 19.3. The first kappa shape index (κ1) is 23.4. The van der Waals surface area contributed by atoms with Crippen LogP contribution in [0.2, 0.25) is 0 Å². The number of rotatable bonds is 9. The van der Waals surface area contributed by atoms with Crippen LogP contribution in [0.5, 0.6) is 0 Å². The van der Waals surface area contributed by atoms with E-state index in [1.807, 2.05) is 37.3 Å². The average Bonchev–Trinajstić information content (AvgIpc) is 2.75. The fraction of sp³-hybridized carbons (Fsp3) is 0.292. The second-order valence-electron chi connectivity index (χ2n) is 8.14. The van der Waals surface area contributed by atoms with Gasteiger partial charge in [0.15, 0.2) is 0 Å². The molecule has 0 aliphatic rings. The minimum Gasteiger partial charge on any atom is -0.349 e. The molecule has 2 aromatic carbocycles. The van der Waals surface area contributed by atoms with Gasteiger partial charge in [-0.3, -0.25) is 4.79 Å². The molecule has 0 unspecified atom stereocenters. The van der Waals surface area contributed by atoms with Gasteiger partial charge in [-0.15, -0.1) is 0 Å². The highest BCUT2D eigenvalue weighted by atomic mass is 32.2. The number of carbonyl (C=O) groups excluding carboxylic acids is 1. The molecule has 0 radical (unpaired) electrons. The van der Waals surface area contributed by atoms with Crippen molar-refractivity contribution in [3.05, 3.63) is 83.7 Å².